The molecule has 9 heteroatoms. The highest BCUT2D eigenvalue weighted by molar-refractivity contribution is 7.99. The van der Waals surface area contributed by atoms with Crippen molar-refractivity contribution in [1.82, 2.24) is 19.4 Å². The number of nitrogens with one attached hydrogen (secondary N) is 1. The summed E-state index contributed by atoms with van der Waals surface area (Å²) in [5.74, 6) is 1.92. The van der Waals surface area contributed by atoms with Gasteiger partial charge in [-0.2, -0.15) is 21.2 Å². The van der Waals surface area contributed by atoms with Gasteiger partial charge in [0.25, 0.3) is 15.9 Å². The predicted molar refractivity (Wildman–Crippen MR) is 107 cm³/mol. The van der Waals surface area contributed by atoms with Crippen LogP contribution in [0, 0.1) is 5.92 Å². The molecule has 0 aromatic carbocycles. The number of amides is 1. The molecule has 1 saturated heterocycles. The smallest absolute Gasteiger partial charge is 0.263 e. The van der Waals surface area contributed by atoms with Crippen molar-refractivity contribution in [3.05, 3.63) is 11.8 Å². The van der Waals surface area contributed by atoms with Crippen LogP contribution >= 0.6 is 11.8 Å². The molecule has 1 aromatic rings. The second-order valence-electron chi connectivity index (χ2n) is 7.56. The number of carbonyl (C=O) groups excluding carboxylic acids is 1. The molecule has 1 amide bonds. The summed E-state index contributed by atoms with van der Waals surface area (Å²) in [7, 11) is -3.76. The molecule has 0 bridgehead atoms. The first-order chi connectivity index (χ1) is 12.9. The Morgan fingerprint density at radius 3 is 2.56 bits per heavy atom. The second kappa shape index (κ2) is 8.96. The fraction of sp³-hybridized carbons (Fsp3) is 0.778. The molecule has 2 aliphatic rings. The summed E-state index contributed by atoms with van der Waals surface area (Å²) < 4.78 is 29.3. The van der Waals surface area contributed by atoms with Gasteiger partial charge in [0.05, 0.1) is 5.56 Å². The van der Waals surface area contributed by atoms with Gasteiger partial charge >= 0.3 is 0 Å². The topological polar surface area (TPSA) is 84.3 Å². The van der Waals surface area contributed by atoms with E-state index < -0.39 is 10.0 Å². The number of hydrogen-bond acceptors (Lipinski definition) is 5. The average Bonchev–Trinajstić information content (AvgIpc) is 3.10. The number of hydrogen-bond donors (Lipinski definition) is 1. The van der Waals surface area contributed by atoms with Crippen LogP contribution in [0.1, 0.15) is 56.3 Å². The second-order valence-corrected chi connectivity index (χ2v) is 10.6. The lowest BCUT2D eigenvalue weighted by atomic mass is 9.87. The molecule has 1 N–H and O–H groups in total. The van der Waals surface area contributed by atoms with E-state index in [1.165, 1.54) is 4.31 Å². The Morgan fingerprint density at radius 1 is 1.26 bits per heavy atom. The fourth-order valence-corrected chi connectivity index (χ4v) is 6.34. The molecule has 27 heavy (non-hydrogen) atoms. The van der Waals surface area contributed by atoms with E-state index in [-0.39, 0.29) is 22.5 Å². The zero-order chi connectivity index (χ0) is 19.4. The van der Waals surface area contributed by atoms with Crippen LogP contribution in [0.15, 0.2) is 11.2 Å². The largest absolute Gasteiger partial charge is 0.349 e. The number of thioether (sulfide) groups is 1. The van der Waals surface area contributed by atoms with Crippen molar-refractivity contribution in [2.45, 2.75) is 63.6 Å². The normalized spacial score (nSPS) is 24.7. The fourth-order valence-electron chi connectivity index (χ4n) is 3.67. The first-order valence-electron chi connectivity index (χ1n) is 9.88. The Labute approximate surface area is 166 Å². The van der Waals surface area contributed by atoms with Gasteiger partial charge in [0.2, 0.25) is 5.03 Å². The molecule has 3 rings (SSSR count). The Bertz CT molecular complexity index is 749. The van der Waals surface area contributed by atoms with Crippen molar-refractivity contribution in [3.8, 4) is 0 Å². The van der Waals surface area contributed by atoms with Crippen molar-refractivity contribution in [3.63, 3.8) is 0 Å². The minimum Gasteiger partial charge on any atom is -0.349 e. The number of nitrogens with zero attached hydrogens (tertiary/aromatic N) is 3. The molecule has 0 spiro atoms. The van der Waals surface area contributed by atoms with Crippen LogP contribution in [-0.4, -0.2) is 59.0 Å². The summed E-state index contributed by atoms with van der Waals surface area (Å²) in [6.45, 7) is 5.76. The van der Waals surface area contributed by atoms with E-state index in [9.17, 15) is 13.2 Å². The molecule has 1 aliphatic heterocycles. The van der Waals surface area contributed by atoms with Gasteiger partial charge in [-0.25, -0.2) is 8.42 Å². The van der Waals surface area contributed by atoms with E-state index in [0.29, 0.717) is 25.6 Å². The molecular weight excluding hydrogens is 384 g/mol. The molecule has 1 aliphatic carbocycles. The Morgan fingerprint density at radius 2 is 1.93 bits per heavy atom. The van der Waals surface area contributed by atoms with E-state index in [1.807, 2.05) is 6.92 Å². The van der Waals surface area contributed by atoms with Gasteiger partial charge in [0.15, 0.2) is 0 Å². The van der Waals surface area contributed by atoms with Crippen LogP contribution in [0.5, 0.6) is 0 Å². The maximum atomic E-state index is 13.1. The molecule has 0 unspecified atom stereocenters. The molecule has 0 radical (unpaired) electrons. The highest BCUT2D eigenvalue weighted by Gasteiger charge is 2.34. The molecule has 0 atom stereocenters. The first kappa shape index (κ1) is 20.7. The predicted octanol–water partition coefficient (Wildman–Crippen LogP) is 2.34. The molecule has 7 nitrogen and oxygen atoms in total. The van der Waals surface area contributed by atoms with Gasteiger partial charge < -0.3 is 5.32 Å². The van der Waals surface area contributed by atoms with Gasteiger partial charge in [0, 0.05) is 43.4 Å². The summed E-state index contributed by atoms with van der Waals surface area (Å²) >= 11 is 1.75. The van der Waals surface area contributed by atoms with Crippen molar-refractivity contribution in [2.24, 2.45) is 5.92 Å². The minimum atomic E-state index is -3.76. The average molecular weight is 415 g/mol. The van der Waals surface area contributed by atoms with E-state index in [0.717, 1.165) is 43.6 Å². The summed E-state index contributed by atoms with van der Waals surface area (Å²) in [5, 5.41) is 7.25. The summed E-state index contributed by atoms with van der Waals surface area (Å²) in [6.07, 6.45) is 6.50. The van der Waals surface area contributed by atoms with Crippen LogP contribution in [-0.2, 0) is 16.6 Å². The third-order valence-corrected chi connectivity index (χ3v) is 8.11. The minimum absolute atomic E-state index is 0.0930. The lowest BCUT2D eigenvalue weighted by Gasteiger charge is -2.27. The number of aryl methyl sites for hydroxylation is 1. The van der Waals surface area contributed by atoms with Crippen LogP contribution in [0.4, 0.5) is 0 Å². The summed E-state index contributed by atoms with van der Waals surface area (Å²) in [5.41, 5.74) is 0.181. The van der Waals surface area contributed by atoms with Crippen LogP contribution in [0.25, 0.3) is 0 Å². The molecular formula is C18H30N4O3S2. The lowest BCUT2D eigenvalue weighted by molar-refractivity contribution is 0.0919. The third-order valence-electron chi connectivity index (χ3n) is 5.33. The molecule has 152 valence electrons. The maximum Gasteiger partial charge on any atom is 0.263 e. The van der Waals surface area contributed by atoms with E-state index in [2.05, 4.69) is 17.3 Å². The van der Waals surface area contributed by atoms with Crippen LogP contribution in [0.2, 0.25) is 0 Å². The standard InChI is InChI=1S/C18H30N4O3S2/c1-3-8-21-13-16(17(23)19-15-6-4-14(2)5-7-15)18(20-21)27(24,25)22-9-11-26-12-10-22/h13-15H,3-12H2,1-2H3,(H,19,23). The van der Waals surface area contributed by atoms with E-state index >= 15 is 0 Å². The van der Waals surface area contributed by atoms with Crippen molar-refractivity contribution in [2.75, 3.05) is 24.6 Å². The Balaban J connectivity index is 1.84. The molecule has 1 saturated carbocycles. The van der Waals surface area contributed by atoms with Gasteiger partial charge in [-0.05, 0) is 38.0 Å². The Hall–Kier alpha value is -1.06. The van der Waals surface area contributed by atoms with Crippen molar-refractivity contribution < 1.29 is 13.2 Å². The third kappa shape index (κ3) is 4.86. The SMILES string of the molecule is CCCn1cc(C(=O)NC2CCC(C)CC2)c(S(=O)(=O)N2CCSCC2)n1. The van der Waals surface area contributed by atoms with Gasteiger partial charge in [-0.1, -0.05) is 13.8 Å². The monoisotopic (exact) mass is 414 g/mol. The highest BCUT2D eigenvalue weighted by Crippen LogP contribution is 2.25. The molecule has 1 aromatic heterocycles. The van der Waals surface area contributed by atoms with E-state index in [4.69, 9.17) is 0 Å². The number of sulfonamides is 1. The van der Waals surface area contributed by atoms with Gasteiger partial charge in [-0.15, -0.1) is 0 Å². The summed E-state index contributed by atoms with van der Waals surface area (Å²) in [6, 6.07) is 0.116. The number of aromatic nitrogens is 2. The van der Waals surface area contributed by atoms with Crippen LogP contribution in [0.3, 0.4) is 0 Å². The van der Waals surface area contributed by atoms with Gasteiger partial charge in [-0.3, -0.25) is 9.48 Å². The van der Waals surface area contributed by atoms with Crippen LogP contribution < -0.4 is 5.32 Å². The molecule has 2 fully saturated rings. The first-order valence-corrected chi connectivity index (χ1v) is 12.5. The van der Waals surface area contributed by atoms with Gasteiger partial charge in [0.1, 0.15) is 0 Å². The quantitative estimate of drug-likeness (QED) is 0.772. The highest BCUT2D eigenvalue weighted by atomic mass is 32.2. The zero-order valence-corrected chi connectivity index (χ0v) is 17.8. The van der Waals surface area contributed by atoms with E-state index in [1.54, 1.807) is 22.6 Å². The number of rotatable bonds is 6. The lowest BCUT2D eigenvalue weighted by Crippen LogP contribution is -2.40. The Kier molecular flexibility index (Phi) is 6.86. The molecule has 2 heterocycles. The zero-order valence-electron chi connectivity index (χ0n) is 16.2. The summed E-state index contributed by atoms with van der Waals surface area (Å²) in [4.78, 5) is 12.9. The van der Waals surface area contributed by atoms with Crippen molar-refractivity contribution in [1.29, 1.82) is 0 Å². The maximum absolute atomic E-state index is 13.1. The van der Waals surface area contributed by atoms with Crippen molar-refractivity contribution >= 4 is 27.7 Å². The number of carbonyl (C=O) groups is 1.